The lowest BCUT2D eigenvalue weighted by atomic mass is 9.91. The van der Waals surface area contributed by atoms with Crippen LogP contribution < -0.4 is 5.32 Å². The van der Waals surface area contributed by atoms with E-state index in [0.717, 1.165) is 31.7 Å². The molecule has 1 aromatic carbocycles. The van der Waals surface area contributed by atoms with Gasteiger partial charge in [0.05, 0.1) is 4.92 Å². The van der Waals surface area contributed by atoms with Gasteiger partial charge in [0, 0.05) is 18.2 Å². The minimum absolute atomic E-state index is 0.00935. The van der Waals surface area contributed by atoms with Gasteiger partial charge in [-0.2, -0.15) is 0 Å². The first-order valence-electron chi connectivity index (χ1n) is 14.0. The Balaban J connectivity index is 2.27. The molecular formula is C30H46N2O5. The van der Waals surface area contributed by atoms with Gasteiger partial charge in [-0.15, -0.1) is 0 Å². The number of carbonyl (C=O) groups is 3. The first-order chi connectivity index (χ1) is 17.8. The molecule has 0 aliphatic rings. The smallest absolute Gasteiger partial charge is 0.293 e. The number of nitro groups is 1. The third-order valence-corrected chi connectivity index (χ3v) is 6.56. The second-order valence-electron chi connectivity index (χ2n) is 9.87. The number of allylic oxidation sites excluding steroid dienone is 2. The van der Waals surface area contributed by atoms with Crippen LogP contribution in [0.3, 0.4) is 0 Å². The quantitative estimate of drug-likeness (QED) is 0.0419. The number of anilines is 1. The number of unbranched alkanes of at least 4 members (excludes halogenated alkanes) is 12. The number of nitrogens with zero attached hydrogens (tertiary/aromatic N) is 1. The summed E-state index contributed by atoms with van der Waals surface area (Å²) in [5.74, 6) is -3.26. The Morgan fingerprint density at radius 2 is 1.35 bits per heavy atom. The fraction of sp³-hybridized carbons (Fsp3) is 0.633. The van der Waals surface area contributed by atoms with Crippen molar-refractivity contribution in [1.29, 1.82) is 0 Å². The van der Waals surface area contributed by atoms with Gasteiger partial charge in [-0.1, -0.05) is 76.9 Å². The SMILES string of the molecule is CCCCCCCCC=CCCCCCCCCNc1ccc(C(=O)C(C(C)=O)C(C)=O)cc1[N+](=O)[O-]. The molecule has 0 atom stereocenters. The largest absolute Gasteiger partial charge is 0.379 e. The number of ketones is 3. The van der Waals surface area contributed by atoms with Gasteiger partial charge >= 0.3 is 0 Å². The van der Waals surface area contributed by atoms with E-state index < -0.39 is 28.2 Å². The van der Waals surface area contributed by atoms with Crippen molar-refractivity contribution in [3.8, 4) is 0 Å². The summed E-state index contributed by atoms with van der Waals surface area (Å²) in [5, 5.41) is 14.6. The number of hydrogen-bond acceptors (Lipinski definition) is 6. The molecule has 0 bridgehead atoms. The molecule has 0 spiro atoms. The van der Waals surface area contributed by atoms with E-state index in [2.05, 4.69) is 24.4 Å². The van der Waals surface area contributed by atoms with Crippen molar-refractivity contribution in [1.82, 2.24) is 0 Å². The zero-order valence-electron chi connectivity index (χ0n) is 23.1. The van der Waals surface area contributed by atoms with E-state index in [1.165, 1.54) is 90.2 Å². The van der Waals surface area contributed by atoms with Gasteiger partial charge in [-0.05, 0) is 58.1 Å². The van der Waals surface area contributed by atoms with E-state index in [1.54, 1.807) is 0 Å². The lowest BCUT2D eigenvalue weighted by Gasteiger charge is -2.11. The second kappa shape index (κ2) is 19.3. The molecule has 206 valence electrons. The van der Waals surface area contributed by atoms with Gasteiger partial charge in [0.15, 0.2) is 5.78 Å². The Kier molecular flexibility index (Phi) is 16.8. The number of Topliss-reactive ketones (excluding diaryl/α,β-unsaturated/α-hetero) is 3. The van der Waals surface area contributed by atoms with E-state index >= 15 is 0 Å². The molecule has 0 fully saturated rings. The lowest BCUT2D eigenvalue weighted by Crippen LogP contribution is -2.28. The minimum atomic E-state index is -1.42. The zero-order chi connectivity index (χ0) is 27.5. The van der Waals surface area contributed by atoms with Crippen LogP contribution in [0.1, 0.15) is 121 Å². The maximum absolute atomic E-state index is 12.6. The normalized spacial score (nSPS) is 11.2. The summed E-state index contributed by atoms with van der Waals surface area (Å²) in [6.07, 6.45) is 21.8. The summed E-state index contributed by atoms with van der Waals surface area (Å²) in [4.78, 5) is 46.9. The van der Waals surface area contributed by atoms with E-state index in [4.69, 9.17) is 0 Å². The maximum atomic E-state index is 12.6. The number of benzene rings is 1. The monoisotopic (exact) mass is 514 g/mol. The van der Waals surface area contributed by atoms with Crippen LogP contribution in [-0.4, -0.2) is 28.8 Å². The first kappa shape index (κ1) is 32.2. The molecule has 0 saturated carbocycles. The van der Waals surface area contributed by atoms with Crippen molar-refractivity contribution < 1.29 is 19.3 Å². The summed E-state index contributed by atoms with van der Waals surface area (Å²) in [6.45, 7) is 5.18. The number of rotatable bonds is 22. The van der Waals surface area contributed by atoms with Gasteiger partial charge in [0.1, 0.15) is 23.2 Å². The molecule has 0 aliphatic carbocycles. The Labute approximate surface area is 222 Å². The van der Waals surface area contributed by atoms with Crippen molar-refractivity contribution in [2.45, 2.75) is 111 Å². The van der Waals surface area contributed by atoms with Gasteiger partial charge in [0.25, 0.3) is 5.69 Å². The van der Waals surface area contributed by atoms with Crippen LogP contribution in [0, 0.1) is 16.0 Å². The van der Waals surface area contributed by atoms with Gasteiger partial charge in [-0.3, -0.25) is 24.5 Å². The molecule has 0 aromatic heterocycles. The Morgan fingerprint density at radius 1 is 0.838 bits per heavy atom. The number of nitro benzene ring substituents is 1. The molecule has 0 saturated heterocycles. The molecule has 0 heterocycles. The standard InChI is InChI=1S/C30H46N2O5/c1-4-5-6-7-8-9-10-11-12-13-14-15-16-17-18-19-22-31-27-21-20-26(23-28(27)32(36)37)30(35)29(24(2)33)25(3)34/h11-12,20-21,23,29,31H,4-10,13-19,22H2,1-3H3. The predicted octanol–water partition coefficient (Wildman–Crippen LogP) is 8.02. The van der Waals surface area contributed by atoms with E-state index in [9.17, 15) is 24.5 Å². The predicted molar refractivity (Wildman–Crippen MR) is 150 cm³/mol. The number of hydrogen-bond donors (Lipinski definition) is 1. The molecule has 0 unspecified atom stereocenters. The topological polar surface area (TPSA) is 106 Å². The maximum Gasteiger partial charge on any atom is 0.293 e. The summed E-state index contributed by atoms with van der Waals surface area (Å²) in [5.41, 5.74) is 0.0858. The van der Waals surface area contributed by atoms with Crippen molar-refractivity contribution in [2.75, 3.05) is 11.9 Å². The molecule has 0 amide bonds. The fourth-order valence-corrected chi connectivity index (χ4v) is 4.40. The highest BCUT2D eigenvalue weighted by Crippen LogP contribution is 2.27. The number of nitrogens with one attached hydrogen (secondary N) is 1. The van der Waals surface area contributed by atoms with Crippen LogP contribution in [-0.2, 0) is 9.59 Å². The Morgan fingerprint density at radius 3 is 1.86 bits per heavy atom. The van der Waals surface area contributed by atoms with Crippen LogP contribution in [0.15, 0.2) is 30.4 Å². The van der Waals surface area contributed by atoms with Crippen LogP contribution in [0.4, 0.5) is 11.4 Å². The molecule has 7 heteroatoms. The highest BCUT2D eigenvalue weighted by atomic mass is 16.6. The van der Waals surface area contributed by atoms with Crippen LogP contribution in [0.25, 0.3) is 0 Å². The molecule has 37 heavy (non-hydrogen) atoms. The molecule has 7 nitrogen and oxygen atoms in total. The number of carbonyl (C=O) groups excluding carboxylic acids is 3. The lowest BCUT2D eigenvalue weighted by molar-refractivity contribution is -0.384. The molecule has 1 N–H and O–H groups in total. The fourth-order valence-electron chi connectivity index (χ4n) is 4.40. The summed E-state index contributed by atoms with van der Waals surface area (Å²) in [6, 6.07) is 4.05. The summed E-state index contributed by atoms with van der Waals surface area (Å²) < 4.78 is 0. The highest BCUT2D eigenvalue weighted by molar-refractivity contribution is 6.23. The van der Waals surface area contributed by atoms with Crippen molar-refractivity contribution >= 4 is 28.7 Å². The minimum Gasteiger partial charge on any atom is -0.379 e. The zero-order valence-corrected chi connectivity index (χ0v) is 23.1. The highest BCUT2D eigenvalue weighted by Gasteiger charge is 2.30. The van der Waals surface area contributed by atoms with Gasteiger partial charge < -0.3 is 5.32 Å². The van der Waals surface area contributed by atoms with E-state index in [1.807, 2.05) is 0 Å². The summed E-state index contributed by atoms with van der Waals surface area (Å²) >= 11 is 0. The molecule has 1 rings (SSSR count). The van der Waals surface area contributed by atoms with Crippen molar-refractivity contribution in [2.24, 2.45) is 5.92 Å². The molecular weight excluding hydrogens is 468 g/mol. The third kappa shape index (κ3) is 13.3. The summed E-state index contributed by atoms with van der Waals surface area (Å²) in [7, 11) is 0. The van der Waals surface area contributed by atoms with Crippen molar-refractivity contribution in [3.05, 3.63) is 46.0 Å². The Hall–Kier alpha value is -2.83. The van der Waals surface area contributed by atoms with Crippen LogP contribution in [0.2, 0.25) is 0 Å². The molecule has 1 aromatic rings. The average Bonchev–Trinajstić information content (AvgIpc) is 2.85. The third-order valence-electron chi connectivity index (χ3n) is 6.56. The van der Waals surface area contributed by atoms with E-state index in [-0.39, 0.29) is 11.3 Å². The van der Waals surface area contributed by atoms with Crippen LogP contribution >= 0.6 is 0 Å². The first-order valence-corrected chi connectivity index (χ1v) is 14.0. The average molecular weight is 515 g/mol. The second-order valence-corrected chi connectivity index (χ2v) is 9.87. The van der Waals surface area contributed by atoms with E-state index in [0.29, 0.717) is 12.2 Å². The molecule has 0 aliphatic heterocycles. The van der Waals surface area contributed by atoms with Crippen molar-refractivity contribution in [3.63, 3.8) is 0 Å². The van der Waals surface area contributed by atoms with Gasteiger partial charge in [0.2, 0.25) is 0 Å². The molecule has 0 radical (unpaired) electrons. The Bertz CT molecular complexity index is 880. The van der Waals surface area contributed by atoms with Crippen LogP contribution in [0.5, 0.6) is 0 Å². The van der Waals surface area contributed by atoms with Gasteiger partial charge in [-0.25, -0.2) is 0 Å².